The molecule has 0 amide bonds. The van der Waals surface area contributed by atoms with E-state index in [4.69, 9.17) is 4.42 Å². The monoisotopic (exact) mass is 212 g/mol. The second kappa shape index (κ2) is 3.63. The minimum atomic E-state index is -0.187. The first kappa shape index (κ1) is 9.40. The van der Waals surface area contributed by atoms with Crippen LogP contribution in [0.1, 0.15) is 24.5 Å². The number of rotatable bonds is 1. The lowest BCUT2D eigenvalue weighted by Gasteiger charge is -2.15. The fraction of sp³-hybridized carbons (Fsp3) is 0.214. The van der Waals surface area contributed by atoms with Crippen molar-refractivity contribution in [3.8, 4) is 11.3 Å². The summed E-state index contributed by atoms with van der Waals surface area (Å²) >= 11 is 0. The lowest BCUT2D eigenvalue weighted by Crippen LogP contribution is -2.13. The zero-order chi connectivity index (χ0) is 11.0. The molecule has 0 spiro atoms. The van der Waals surface area contributed by atoms with Crippen molar-refractivity contribution in [2.24, 2.45) is 0 Å². The Balaban J connectivity index is 2.05. The normalized spacial score (nSPS) is 20.5. The number of carbonyl (C=O) groups excluding carboxylic acids is 1. The van der Waals surface area contributed by atoms with E-state index in [-0.39, 0.29) is 11.7 Å². The van der Waals surface area contributed by atoms with E-state index in [1.54, 1.807) is 0 Å². The fourth-order valence-electron chi connectivity index (χ4n) is 2.12. The molecule has 0 radical (unpaired) electrons. The number of Topliss-reactive ketones (excluding diaryl/α,β-unsaturated/α-hetero) is 1. The summed E-state index contributed by atoms with van der Waals surface area (Å²) in [7, 11) is 0. The van der Waals surface area contributed by atoms with Gasteiger partial charge in [0.15, 0.2) is 0 Å². The van der Waals surface area contributed by atoms with Crippen molar-refractivity contribution in [1.29, 1.82) is 0 Å². The van der Waals surface area contributed by atoms with Crippen molar-refractivity contribution in [3.05, 3.63) is 48.2 Å². The summed E-state index contributed by atoms with van der Waals surface area (Å²) < 4.78 is 5.74. The molecule has 1 unspecified atom stereocenters. The third kappa shape index (κ3) is 1.47. The van der Waals surface area contributed by atoms with Gasteiger partial charge < -0.3 is 4.42 Å². The van der Waals surface area contributed by atoms with Gasteiger partial charge in [-0.15, -0.1) is 0 Å². The molecular formula is C14H12O2. The predicted molar refractivity (Wildman–Crippen MR) is 61.5 cm³/mol. The van der Waals surface area contributed by atoms with Crippen LogP contribution in [-0.4, -0.2) is 5.78 Å². The standard InChI is InChI=1S/C14H12O2/c15-12-6-2-1-5-11(12)14-9-8-10-4-3-7-13(10)16-14/h1,3-5,7-9,11H,2,6H2. The number of allylic oxidation sites excluding steroid dienone is 2. The molecule has 0 bridgehead atoms. The van der Waals surface area contributed by atoms with E-state index in [1.165, 1.54) is 0 Å². The zero-order valence-electron chi connectivity index (χ0n) is 8.85. The SMILES string of the molecule is O=C1CCC=CC1c1ccc2cccc-2o1. The van der Waals surface area contributed by atoms with E-state index in [9.17, 15) is 4.79 Å². The van der Waals surface area contributed by atoms with Gasteiger partial charge in [-0.2, -0.15) is 0 Å². The van der Waals surface area contributed by atoms with E-state index >= 15 is 0 Å². The average molecular weight is 212 g/mol. The Bertz CT molecular complexity index is 521. The first-order valence-electron chi connectivity index (χ1n) is 5.52. The Labute approximate surface area is 93.9 Å². The largest absolute Gasteiger partial charge is 0.460 e. The average Bonchev–Trinajstić information content (AvgIpc) is 2.76. The fourth-order valence-corrected chi connectivity index (χ4v) is 2.12. The van der Waals surface area contributed by atoms with Gasteiger partial charge in [0.1, 0.15) is 17.3 Å². The lowest BCUT2D eigenvalue weighted by molar-refractivity contribution is -0.120. The first-order valence-corrected chi connectivity index (χ1v) is 5.52. The Kier molecular flexibility index (Phi) is 2.13. The maximum absolute atomic E-state index is 11.8. The van der Waals surface area contributed by atoms with Gasteiger partial charge in [0, 0.05) is 12.0 Å². The molecule has 3 rings (SSSR count). The Morgan fingerprint density at radius 1 is 1.19 bits per heavy atom. The van der Waals surface area contributed by atoms with Crippen molar-refractivity contribution in [1.82, 2.24) is 0 Å². The molecule has 0 aromatic carbocycles. The molecule has 0 N–H and O–H groups in total. The summed E-state index contributed by atoms with van der Waals surface area (Å²) in [6.45, 7) is 0. The summed E-state index contributed by atoms with van der Waals surface area (Å²) in [6, 6.07) is 9.79. The highest BCUT2D eigenvalue weighted by Gasteiger charge is 2.22. The highest BCUT2D eigenvalue weighted by Crippen LogP contribution is 2.30. The van der Waals surface area contributed by atoms with Crippen LogP contribution in [0.2, 0.25) is 0 Å². The molecule has 2 heteroatoms. The van der Waals surface area contributed by atoms with Crippen LogP contribution in [0, 0.1) is 0 Å². The lowest BCUT2D eigenvalue weighted by atomic mass is 9.92. The van der Waals surface area contributed by atoms with Gasteiger partial charge in [0.2, 0.25) is 0 Å². The van der Waals surface area contributed by atoms with E-state index in [0.717, 1.165) is 23.5 Å². The van der Waals surface area contributed by atoms with E-state index in [0.29, 0.717) is 6.42 Å². The summed E-state index contributed by atoms with van der Waals surface area (Å²) in [6.07, 6.45) is 5.47. The number of hydrogen-bond donors (Lipinski definition) is 0. The van der Waals surface area contributed by atoms with Crippen LogP contribution in [0.3, 0.4) is 0 Å². The molecule has 0 saturated heterocycles. The Hall–Kier alpha value is -1.83. The quantitative estimate of drug-likeness (QED) is 0.678. The number of fused-ring (bicyclic) bond motifs is 1. The van der Waals surface area contributed by atoms with Gasteiger partial charge in [0.25, 0.3) is 0 Å². The molecule has 16 heavy (non-hydrogen) atoms. The van der Waals surface area contributed by atoms with Gasteiger partial charge in [-0.05, 0) is 24.6 Å². The summed E-state index contributed by atoms with van der Waals surface area (Å²) in [4.78, 5) is 11.8. The van der Waals surface area contributed by atoms with Crippen LogP contribution >= 0.6 is 0 Å². The van der Waals surface area contributed by atoms with Gasteiger partial charge >= 0.3 is 0 Å². The molecule has 0 aromatic rings. The highest BCUT2D eigenvalue weighted by atomic mass is 16.3. The Morgan fingerprint density at radius 3 is 3.00 bits per heavy atom. The zero-order valence-corrected chi connectivity index (χ0v) is 8.85. The minimum Gasteiger partial charge on any atom is -0.460 e. The van der Waals surface area contributed by atoms with Crippen molar-refractivity contribution in [3.63, 3.8) is 0 Å². The van der Waals surface area contributed by atoms with Crippen LogP contribution in [0.25, 0.3) is 11.3 Å². The van der Waals surface area contributed by atoms with Crippen molar-refractivity contribution in [2.75, 3.05) is 0 Å². The van der Waals surface area contributed by atoms with Gasteiger partial charge in [-0.1, -0.05) is 24.3 Å². The van der Waals surface area contributed by atoms with Crippen molar-refractivity contribution < 1.29 is 9.21 Å². The van der Waals surface area contributed by atoms with Gasteiger partial charge in [-0.25, -0.2) is 0 Å². The molecular weight excluding hydrogens is 200 g/mol. The smallest absolute Gasteiger partial charge is 0.147 e. The second-order valence-electron chi connectivity index (χ2n) is 4.09. The number of hydrogen-bond acceptors (Lipinski definition) is 2. The molecule has 0 aromatic heterocycles. The minimum absolute atomic E-state index is 0.187. The van der Waals surface area contributed by atoms with Gasteiger partial charge in [-0.3, -0.25) is 4.79 Å². The van der Waals surface area contributed by atoms with Crippen molar-refractivity contribution >= 4 is 5.78 Å². The highest BCUT2D eigenvalue weighted by molar-refractivity contribution is 5.88. The molecule has 80 valence electrons. The first-order chi connectivity index (χ1) is 7.84. The van der Waals surface area contributed by atoms with E-state index < -0.39 is 0 Å². The summed E-state index contributed by atoms with van der Waals surface area (Å²) in [5, 5.41) is 0. The third-order valence-corrected chi connectivity index (χ3v) is 3.00. The third-order valence-electron chi connectivity index (χ3n) is 3.00. The van der Waals surface area contributed by atoms with Crippen LogP contribution in [0.5, 0.6) is 0 Å². The summed E-state index contributed by atoms with van der Waals surface area (Å²) in [5.74, 6) is 1.66. The molecule has 1 atom stereocenters. The molecule has 0 saturated carbocycles. The maximum Gasteiger partial charge on any atom is 0.147 e. The molecule has 0 fully saturated rings. The predicted octanol–water partition coefficient (Wildman–Crippen LogP) is 3.39. The van der Waals surface area contributed by atoms with E-state index in [2.05, 4.69) is 6.08 Å². The topological polar surface area (TPSA) is 30.2 Å². The number of carbonyl (C=O) groups is 1. The summed E-state index contributed by atoms with van der Waals surface area (Å²) in [5.41, 5.74) is 1.08. The molecule has 3 aliphatic rings. The van der Waals surface area contributed by atoms with Crippen LogP contribution in [-0.2, 0) is 4.79 Å². The van der Waals surface area contributed by atoms with E-state index in [1.807, 2.05) is 36.4 Å². The maximum atomic E-state index is 11.8. The molecule has 2 aliphatic carbocycles. The number of ketones is 1. The van der Waals surface area contributed by atoms with Crippen LogP contribution in [0.4, 0.5) is 0 Å². The van der Waals surface area contributed by atoms with Crippen LogP contribution < -0.4 is 0 Å². The van der Waals surface area contributed by atoms with Crippen molar-refractivity contribution in [2.45, 2.75) is 18.8 Å². The second-order valence-corrected chi connectivity index (χ2v) is 4.09. The molecule has 2 nitrogen and oxygen atoms in total. The molecule has 1 aliphatic heterocycles. The molecule has 1 heterocycles. The van der Waals surface area contributed by atoms with Gasteiger partial charge in [0.05, 0.1) is 5.92 Å². The Morgan fingerprint density at radius 2 is 2.12 bits per heavy atom. The van der Waals surface area contributed by atoms with Crippen LogP contribution in [0.15, 0.2) is 46.9 Å².